The van der Waals surface area contributed by atoms with Crippen molar-refractivity contribution in [2.24, 2.45) is 5.92 Å². The van der Waals surface area contributed by atoms with E-state index in [4.69, 9.17) is 16.3 Å². The number of carbonyl (C=O) groups excluding carboxylic acids is 3. The molecular formula is C30H39ClN4O4. The summed E-state index contributed by atoms with van der Waals surface area (Å²) < 4.78 is 5.51. The first-order valence-corrected chi connectivity index (χ1v) is 14.0. The lowest BCUT2D eigenvalue weighted by Gasteiger charge is -2.39. The van der Waals surface area contributed by atoms with E-state index >= 15 is 0 Å². The molecular weight excluding hydrogens is 516 g/mol. The highest BCUT2D eigenvalue weighted by Gasteiger charge is 2.32. The molecule has 8 nitrogen and oxygen atoms in total. The smallest absolute Gasteiger partial charge is 0.410 e. The van der Waals surface area contributed by atoms with Crippen LogP contribution in [0.5, 0.6) is 0 Å². The number of benzene rings is 2. The Bertz CT molecular complexity index is 1220. The Balaban J connectivity index is 1.41. The van der Waals surface area contributed by atoms with Gasteiger partial charge in [-0.3, -0.25) is 9.69 Å². The monoisotopic (exact) mass is 554 g/mol. The molecule has 4 amide bonds. The van der Waals surface area contributed by atoms with Crippen molar-refractivity contribution in [2.45, 2.75) is 45.6 Å². The summed E-state index contributed by atoms with van der Waals surface area (Å²) in [5.41, 5.74) is 2.55. The van der Waals surface area contributed by atoms with Crippen LogP contribution in [0.15, 0.2) is 42.5 Å². The highest BCUT2D eigenvalue weighted by molar-refractivity contribution is 6.33. The third-order valence-corrected chi connectivity index (χ3v) is 7.46. The van der Waals surface area contributed by atoms with Gasteiger partial charge in [-0.2, -0.15) is 0 Å². The number of hydrogen-bond acceptors (Lipinski definition) is 4. The lowest BCUT2D eigenvalue weighted by Crippen LogP contribution is -2.52. The Morgan fingerprint density at radius 1 is 1.03 bits per heavy atom. The van der Waals surface area contributed by atoms with E-state index in [-0.39, 0.29) is 18.0 Å². The highest BCUT2D eigenvalue weighted by atomic mass is 35.5. The van der Waals surface area contributed by atoms with Crippen molar-refractivity contribution < 1.29 is 19.1 Å². The molecule has 2 aliphatic rings. The van der Waals surface area contributed by atoms with E-state index in [1.807, 2.05) is 60.9 Å². The molecule has 0 aromatic heterocycles. The molecule has 0 unspecified atom stereocenters. The fraction of sp³-hybridized carbons (Fsp3) is 0.500. The molecule has 0 radical (unpaired) electrons. The molecule has 2 heterocycles. The fourth-order valence-electron chi connectivity index (χ4n) is 5.11. The van der Waals surface area contributed by atoms with Crippen LogP contribution in [-0.4, -0.2) is 85.2 Å². The Morgan fingerprint density at radius 2 is 1.74 bits per heavy atom. The average Bonchev–Trinajstić information content (AvgIpc) is 2.89. The maximum Gasteiger partial charge on any atom is 0.410 e. The summed E-state index contributed by atoms with van der Waals surface area (Å²) >= 11 is 6.58. The number of ether oxygens (including phenoxy) is 1. The number of carbonyl (C=O) groups is 3. The van der Waals surface area contributed by atoms with Crippen LogP contribution in [0.25, 0.3) is 11.1 Å². The Labute approximate surface area is 236 Å². The van der Waals surface area contributed by atoms with E-state index < -0.39 is 5.60 Å². The summed E-state index contributed by atoms with van der Waals surface area (Å²) in [6.07, 6.45) is 2.32. The van der Waals surface area contributed by atoms with Crippen molar-refractivity contribution in [1.29, 1.82) is 0 Å². The number of likely N-dealkylation sites (tertiary alicyclic amines) is 1. The van der Waals surface area contributed by atoms with Crippen LogP contribution in [0.3, 0.4) is 0 Å². The molecule has 4 rings (SSSR count). The van der Waals surface area contributed by atoms with E-state index in [0.29, 0.717) is 42.7 Å². The van der Waals surface area contributed by atoms with E-state index in [1.165, 1.54) is 4.90 Å². The van der Waals surface area contributed by atoms with Crippen LogP contribution in [0.4, 0.5) is 15.3 Å². The minimum Gasteiger partial charge on any atom is -0.444 e. The van der Waals surface area contributed by atoms with Gasteiger partial charge < -0.3 is 19.4 Å². The molecule has 0 N–H and O–H groups in total. The second-order valence-corrected chi connectivity index (χ2v) is 12.0. The zero-order valence-corrected chi connectivity index (χ0v) is 24.3. The van der Waals surface area contributed by atoms with Crippen LogP contribution in [-0.2, 0) is 4.74 Å². The molecule has 2 aromatic rings. The SMILES string of the molecule is CN(C)C(=O)c1ccc(-c2cccc(N3CCCN(CC4CCN(C(=O)OC(C)(C)C)CC4)C3=O)c2)c(Cl)c1. The zero-order chi connectivity index (χ0) is 28.3. The van der Waals surface area contributed by atoms with Crippen molar-refractivity contribution in [3.8, 4) is 11.1 Å². The number of hydrogen-bond donors (Lipinski definition) is 0. The van der Waals surface area contributed by atoms with Crippen LogP contribution in [0, 0.1) is 5.92 Å². The summed E-state index contributed by atoms with van der Waals surface area (Å²) in [7, 11) is 3.42. The third kappa shape index (κ3) is 7.04. The summed E-state index contributed by atoms with van der Waals surface area (Å²) in [5.74, 6) is 0.243. The average molecular weight is 555 g/mol. The van der Waals surface area contributed by atoms with Gasteiger partial charge >= 0.3 is 12.1 Å². The van der Waals surface area contributed by atoms with Gasteiger partial charge in [-0.15, -0.1) is 0 Å². The molecule has 39 heavy (non-hydrogen) atoms. The number of piperidine rings is 1. The van der Waals surface area contributed by atoms with Gasteiger partial charge in [0.15, 0.2) is 0 Å². The Kier molecular flexibility index (Phi) is 8.74. The van der Waals surface area contributed by atoms with Gasteiger partial charge in [0.1, 0.15) is 5.60 Å². The lowest BCUT2D eigenvalue weighted by atomic mass is 9.96. The molecule has 2 aliphatic heterocycles. The largest absolute Gasteiger partial charge is 0.444 e. The summed E-state index contributed by atoms with van der Waals surface area (Å²) in [4.78, 5) is 45.3. The topological polar surface area (TPSA) is 73.4 Å². The molecule has 0 atom stereocenters. The minimum absolute atomic E-state index is 0.00555. The predicted octanol–water partition coefficient (Wildman–Crippen LogP) is 5.99. The number of anilines is 1. The lowest BCUT2D eigenvalue weighted by molar-refractivity contribution is 0.0173. The fourth-order valence-corrected chi connectivity index (χ4v) is 5.40. The van der Waals surface area contributed by atoms with Crippen LogP contribution < -0.4 is 4.90 Å². The van der Waals surface area contributed by atoms with Gasteiger partial charge in [0.05, 0.1) is 0 Å². The van der Waals surface area contributed by atoms with Crippen molar-refractivity contribution in [2.75, 3.05) is 51.7 Å². The minimum atomic E-state index is -0.505. The van der Waals surface area contributed by atoms with Crippen molar-refractivity contribution in [3.63, 3.8) is 0 Å². The molecule has 9 heteroatoms. The quantitative estimate of drug-likeness (QED) is 0.455. The molecule has 0 spiro atoms. The van der Waals surface area contributed by atoms with E-state index in [2.05, 4.69) is 0 Å². The first-order valence-electron chi connectivity index (χ1n) is 13.6. The number of rotatable bonds is 5. The maximum atomic E-state index is 13.5. The van der Waals surface area contributed by atoms with Gasteiger partial charge in [-0.25, -0.2) is 9.59 Å². The summed E-state index contributed by atoms with van der Waals surface area (Å²) in [5, 5.41) is 0.490. The highest BCUT2D eigenvalue weighted by Crippen LogP contribution is 2.33. The van der Waals surface area contributed by atoms with Gasteiger partial charge in [-0.1, -0.05) is 29.8 Å². The molecule has 0 saturated carbocycles. The van der Waals surface area contributed by atoms with Crippen LogP contribution in [0.2, 0.25) is 5.02 Å². The first-order chi connectivity index (χ1) is 18.4. The normalized spacial score (nSPS) is 16.9. The predicted molar refractivity (Wildman–Crippen MR) is 154 cm³/mol. The molecule has 2 aromatic carbocycles. The summed E-state index contributed by atoms with van der Waals surface area (Å²) in [6.45, 7) is 8.98. The molecule has 0 aliphatic carbocycles. The van der Waals surface area contributed by atoms with Crippen molar-refractivity contribution in [3.05, 3.63) is 53.1 Å². The Morgan fingerprint density at radius 3 is 2.38 bits per heavy atom. The first kappa shape index (κ1) is 28.7. The number of amides is 4. The van der Waals surface area contributed by atoms with E-state index in [9.17, 15) is 14.4 Å². The molecule has 210 valence electrons. The number of urea groups is 1. The molecule has 2 fully saturated rings. The summed E-state index contributed by atoms with van der Waals surface area (Å²) in [6, 6.07) is 13.1. The number of halogens is 1. The van der Waals surface area contributed by atoms with E-state index in [1.54, 1.807) is 31.1 Å². The van der Waals surface area contributed by atoms with Gasteiger partial charge in [-0.05, 0) is 75.8 Å². The van der Waals surface area contributed by atoms with Crippen molar-refractivity contribution in [1.82, 2.24) is 14.7 Å². The Hall–Kier alpha value is -3.26. The number of nitrogens with zero attached hydrogens (tertiary/aromatic N) is 4. The van der Waals surface area contributed by atoms with Gasteiger partial charge in [0, 0.05) is 68.7 Å². The molecule has 0 bridgehead atoms. The van der Waals surface area contributed by atoms with Gasteiger partial charge in [0.25, 0.3) is 5.91 Å². The second kappa shape index (κ2) is 11.9. The van der Waals surface area contributed by atoms with E-state index in [0.717, 1.165) is 42.6 Å². The maximum absolute atomic E-state index is 13.5. The second-order valence-electron chi connectivity index (χ2n) is 11.6. The van der Waals surface area contributed by atoms with Crippen LogP contribution in [0.1, 0.15) is 50.4 Å². The standard InChI is InChI=1S/C30H39ClN4O4/c1-30(2,3)39-29(38)33-16-12-21(13-17-33)20-34-14-7-15-35(28(34)37)24-9-6-8-22(18-24)25-11-10-23(19-26(25)31)27(36)32(4)5/h6,8-11,18-19,21H,7,12-17,20H2,1-5H3. The zero-order valence-electron chi connectivity index (χ0n) is 23.6. The van der Waals surface area contributed by atoms with Gasteiger partial charge in [0.2, 0.25) is 0 Å². The third-order valence-electron chi connectivity index (χ3n) is 7.15. The van der Waals surface area contributed by atoms with Crippen LogP contribution >= 0.6 is 11.6 Å². The van der Waals surface area contributed by atoms with Crippen molar-refractivity contribution >= 4 is 35.3 Å². The molecule has 2 saturated heterocycles.